The lowest BCUT2D eigenvalue weighted by Gasteiger charge is -2.35. The largest absolute Gasteiger partial charge is 0.368 e. The highest BCUT2D eigenvalue weighted by molar-refractivity contribution is 7.89. The van der Waals surface area contributed by atoms with Gasteiger partial charge >= 0.3 is 0 Å². The Morgan fingerprint density at radius 3 is 2.44 bits per heavy atom. The van der Waals surface area contributed by atoms with Crippen molar-refractivity contribution in [3.8, 4) is 0 Å². The van der Waals surface area contributed by atoms with Crippen molar-refractivity contribution in [3.63, 3.8) is 0 Å². The number of carbonyl (C=O) groups excluding carboxylic acids is 1. The first-order valence-electron chi connectivity index (χ1n) is 8.63. The minimum Gasteiger partial charge on any atom is -0.368 e. The van der Waals surface area contributed by atoms with Crippen LogP contribution in [0.25, 0.3) is 0 Å². The second-order valence-electron chi connectivity index (χ2n) is 6.63. The van der Waals surface area contributed by atoms with Crippen molar-refractivity contribution in [2.45, 2.75) is 26.3 Å². The average Bonchev–Trinajstić information content (AvgIpc) is 2.58. The van der Waals surface area contributed by atoms with Crippen LogP contribution in [0.4, 0.5) is 10.1 Å². The molecule has 2 aliphatic heterocycles. The van der Waals surface area contributed by atoms with E-state index in [-0.39, 0.29) is 24.0 Å². The number of anilines is 1. The summed E-state index contributed by atoms with van der Waals surface area (Å²) >= 11 is 0. The molecule has 2 fully saturated rings. The van der Waals surface area contributed by atoms with Gasteiger partial charge < -0.3 is 9.80 Å². The van der Waals surface area contributed by atoms with E-state index in [1.807, 2.05) is 11.0 Å². The molecule has 8 heteroatoms. The van der Waals surface area contributed by atoms with Crippen LogP contribution in [-0.2, 0) is 21.4 Å². The van der Waals surface area contributed by atoms with Gasteiger partial charge in [-0.1, -0.05) is 6.07 Å². The van der Waals surface area contributed by atoms with E-state index < -0.39 is 10.0 Å². The average molecular weight is 369 g/mol. The molecule has 0 bridgehead atoms. The second kappa shape index (κ2) is 7.29. The molecule has 0 spiro atoms. The summed E-state index contributed by atoms with van der Waals surface area (Å²) < 4.78 is 40.0. The number of nitrogens with zero attached hydrogens (tertiary/aromatic N) is 3. The van der Waals surface area contributed by atoms with Crippen molar-refractivity contribution in [2.75, 3.05) is 43.4 Å². The van der Waals surface area contributed by atoms with Gasteiger partial charge in [-0.3, -0.25) is 4.79 Å². The molecule has 0 aliphatic carbocycles. The number of piperazine rings is 1. The van der Waals surface area contributed by atoms with Gasteiger partial charge in [0.1, 0.15) is 5.82 Å². The molecule has 0 N–H and O–H groups in total. The third-order valence-corrected chi connectivity index (χ3v) is 6.83. The van der Waals surface area contributed by atoms with Crippen LogP contribution < -0.4 is 4.90 Å². The van der Waals surface area contributed by atoms with Crippen LogP contribution in [0.3, 0.4) is 0 Å². The van der Waals surface area contributed by atoms with Crippen molar-refractivity contribution in [1.82, 2.24) is 9.21 Å². The van der Waals surface area contributed by atoms with E-state index in [0.717, 1.165) is 12.1 Å². The fourth-order valence-electron chi connectivity index (χ4n) is 3.35. The molecule has 1 aromatic rings. The summed E-state index contributed by atoms with van der Waals surface area (Å²) in [6.07, 6.45) is 1.49. The predicted octanol–water partition coefficient (Wildman–Crippen LogP) is 1.42. The van der Waals surface area contributed by atoms with Gasteiger partial charge in [-0.2, -0.15) is 4.31 Å². The molecule has 2 heterocycles. The fraction of sp³-hybridized carbons (Fsp3) is 0.588. The summed E-state index contributed by atoms with van der Waals surface area (Å²) in [5.41, 5.74) is 1.17. The summed E-state index contributed by atoms with van der Waals surface area (Å²) in [7, 11) is -3.26. The monoisotopic (exact) mass is 369 g/mol. The first kappa shape index (κ1) is 18.1. The van der Waals surface area contributed by atoms with Crippen molar-refractivity contribution >= 4 is 21.6 Å². The van der Waals surface area contributed by atoms with Gasteiger partial charge in [0.25, 0.3) is 0 Å². The van der Waals surface area contributed by atoms with E-state index in [1.165, 1.54) is 10.4 Å². The molecule has 2 aliphatic rings. The lowest BCUT2D eigenvalue weighted by molar-refractivity contribution is -0.129. The molecule has 3 rings (SSSR count). The Labute approximate surface area is 148 Å². The minimum atomic E-state index is -3.26. The topological polar surface area (TPSA) is 60.9 Å². The smallest absolute Gasteiger partial charge is 0.219 e. The SMILES string of the molecule is CC(=O)N1CCN(c2ccc(CN3CCCCS3(=O)=O)c(F)c2)CC1. The summed E-state index contributed by atoms with van der Waals surface area (Å²) in [6, 6.07) is 4.97. The number of carbonyl (C=O) groups is 1. The lowest BCUT2D eigenvalue weighted by atomic mass is 10.1. The molecule has 138 valence electrons. The summed E-state index contributed by atoms with van der Waals surface area (Å²) in [5, 5.41) is 0. The maximum Gasteiger partial charge on any atom is 0.219 e. The summed E-state index contributed by atoms with van der Waals surface area (Å²) in [4.78, 5) is 15.2. The number of benzene rings is 1. The van der Waals surface area contributed by atoms with Crippen molar-refractivity contribution < 1.29 is 17.6 Å². The number of rotatable bonds is 3. The highest BCUT2D eigenvalue weighted by Crippen LogP contribution is 2.23. The number of sulfonamides is 1. The van der Waals surface area contributed by atoms with Crippen molar-refractivity contribution in [1.29, 1.82) is 0 Å². The number of halogens is 1. The third-order valence-electron chi connectivity index (χ3n) is 4.93. The first-order chi connectivity index (χ1) is 11.9. The molecule has 0 unspecified atom stereocenters. The quantitative estimate of drug-likeness (QED) is 0.809. The zero-order chi connectivity index (χ0) is 18.0. The zero-order valence-electron chi connectivity index (χ0n) is 14.4. The Bertz CT molecular complexity index is 746. The molecule has 25 heavy (non-hydrogen) atoms. The van der Waals surface area contributed by atoms with Crippen LogP contribution in [0.5, 0.6) is 0 Å². The molecule has 0 atom stereocenters. The molecule has 0 saturated carbocycles. The van der Waals surface area contributed by atoms with Gasteiger partial charge in [0.05, 0.1) is 5.75 Å². The van der Waals surface area contributed by atoms with E-state index in [0.29, 0.717) is 44.7 Å². The van der Waals surface area contributed by atoms with Gasteiger partial charge in [0.15, 0.2) is 0 Å². The van der Waals surface area contributed by atoms with Crippen LogP contribution in [0.15, 0.2) is 18.2 Å². The molecule has 0 radical (unpaired) electrons. The predicted molar refractivity (Wildman–Crippen MR) is 94.3 cm³/mol. The maximum atomic E-state index is 14.5. The molecule has 1 amide bonds. The van der Waals surface area contributed by atoms with Crippen molar-refractivity contribution in [3.05, 3.63) is 29.6 Å². The Morgan fingerprint density at radius 1 is 1.12 bits per heavy atom. The Kier molecular flexibility index (Phi) is 5.29. The van der Waals surface area contributed by atoms with Gasteiger partial charge in [0, 0.05) is 57.4 Å². The van der Waals surface area contributed by atoms with Gasteiger partial charge in [0.2, 0.25) is 15.9 Å². The minimum absolute atomic E-state index is 0.0592. The molecule has 1 aromatic carbocycles. The van der Waals surface area contributed by atoms with Gasteiger partial charge in [-0.15, -0.1) is 0 Å². The maximum absolute atomic E-state index is 14.5. The first-order valence-corrected chi connectivity index (χ1v) is 10.2. The molecular weight excluding hydrogens is 345 g/mol. The van der Waals surface area contributed by atoms with E-state index >= 15 is 0 Å². The van der Waals surface area contributed by atoms with Crippen LogP contribution in [-0.4, -0.2) is 62.0 Å². The molecular formula is C17H24FN3O3S. The van der Waals surface area contributed by atoms with Crippen LogP contribution >= 0.6 is 0 Å². The summed E-state index contributed by atoms with van der Waals surface area (Å²) in [6.45, 7) is 4.69. The fourth-order valence-corrected chi connectivity index (χ4v) is 4.92. The van der Waals surface area contributed by atoms with Crippen molar-refractivity contribution in [2.24, 2.45) is 0 Å². The van der Waals surface area contributed by atoms with Gasteiger partial charge in [-0.05, 0) is 25.0 Å². The number of hydrogen-bond acceptors (Lipinski definition) is 4. The number of amides is 1. The van der Waals surface area contributed by atoms with E-state index in [2.05, 4.69) is 0 Å². The normalized spacial score (nSPS) is 21.4. The Balaban J connectivity index is 1.68. The lowest BCUT2D eigenvalue weighted by Crippen LogP contribution is -2.48. The van der Waals surface area contributed by atoms with E-state index in [9.17, 15) is 17.6 Å². The highest BCUT2D eigenvalue weighted by Gasteiger charge is 2.27. The standard InChI is InChI=1S/C17H24FN3O3S/c1-14(22)19-7-9-20(10-8-19)16-5-4-15(17(18)12-16)13-21-6-2-3-11-25(21,23)24/h4-5,12H,2-3,6-11,13H2,1H3. The van der Waals surface area contributed by atoms with Crippen LogP contribution in [0, 0.1) is 5.82 Å². The second-order valence-corrected chi connectivity index (χ2v) is 8.71. The number of hydrogen-bond donors (Lipinski definition) is 0. The zero-order valence-corrected chi connectivity index (χ0v) is 15.3. The summed E-state index contributed by atoms with van der Waals surface area (Å²) in [5.74, 6) is -0.177. The van der Waals surface area contributed by atoms with E-state index in [4.69, 9.17) is 0 Å². The molecule has 0 aromatic heterocycles. The third kappa shape index (κ3) is 4.12. The Hall–Kier alpha value is -1.67. The molecule has 6 nitrogen and oxygen atoms in total. The van der Waals surface area contributed by atoms with Crippen LogP contribution in [0.2, 0.25) is 0 Å². The Morgan fingerprint density at radius 2 is 1.84 bits per heavy atom. The highest BCUT2D eigenvalue weighted by atomic mass is 32.2. The van der Waals surface area contributed by atoms with E-state index in [1.54, 1.807) is 17.9 Å². The van der Waals surface area contributed by atoms with Crippen LogP contribution in [0.1, 0.15) is 25.3 Å². The molecule has 2 saturated heterocycles. The van der Waals surface area contributed by atoms with Gasteiger partial charge in [-0.25, -0.2) is 12.8 Å².